The van der Waals surface area contributed by atoms with E-state index in [9.17, 15) is 0 Å². The third kappa shape index (κ3) is 2.84. The minimum Gasteiger partial charge on any atom is -0.459 e. The number of nitrogens with two attached hydrogens (primary N) is 1. The van der Waals surface area contributed by atoms with Crippen molar-refractivity contribution in [3.8, 4) is 0 Å². The third-order valence-corrected chi connectivity index (χ3v) is 7.28. The summed E-state index contributed by atoms with van der Waals surface area (Å²) in [6.07, 6.45) is 1.15. The van der Waals surface area contributed by atoms with Gasteiger partial charge >= 0.3 is 0 Å². The third-order valence-electron chi connectivity index (χ3n) is 3.67. The van der Waals surface area contributed by atoms with E-state index in [1.165, 1.54) is 11.5 Å². The molecule has 1 aromatic heterocycles. The quantitative estimate of drug-likeness (QED) is 0.885. The molecule has 3 atom stereocenters. The van der Waals surface area contributed by atoms with Crippen LogP contribution in [0.15, 0.2) is 28.7 Å². The van der Waals surface area contributed by atoms with Crippen LogP contribution in [0.4, 0.5) is 0 Å². The van der Waals surface area contributed by atoms with Crippen LogP contribution < -0.4 is 5.73 Å². The van der Waals surface area contributed by atoms with Crippen molar-refractivity contribution in [1.29, 1.82) is 0 Å². The summed E-state index contributed by atoms with van der Waals surface area (Å²) in [5, 5.41) is 2.80. The zero-order valence-electron chi connectivity index (χ0n) is 11.3. The Morgan fingerprint density at radius 1 is 1.35 bits per heavy atom. The molecule has 5 heteroatoms. The molecule has 0 amide bonds. The number of rotatable bonds is 3. The van der Waals surface area contributed by atoms with Gasteiger partial charge in [0, 0.05) is 32.4 Å². The second-order valence-corrected chi connectivity index (χ2v) is 8.08. The topological polar surface area (TPSA) is 39.2 Å². The number of thioether (sulfide) groups is 2. The summed E-state index contributed by atoms with van der Waals surface area (Å²) in [4.78, 5) is 0. The Morgan fingerprint density at radius 2 is 2.15 bits per heavy atom. The molecule has 3 rings (SSSR count). The Bertz CT molecular complexity index is 601. The minimum absolute atomic E-state index is 0.0519. The van der Waals surface area contributed by atoms with Crippen molar-refractivity contribution in [3.05, 3.63) is 35.0 Å². The van der Waals surface area contributed by atoms with E-state index in [0.717, 1.165) is 28.2 Å². The predicted molar refractivity (Wildman–Crippen MR) is 90.9 cm³/mol. The lowest BCUT2D eigenvalue weighted by Gasteiger charge is -2.33. The van der Waals surface area contributed by atoms with E-state index in [1.54, 1.807) is 0 Å². The first-order chi connectivity index (χ1) is 9.69. The van der Waals surface area contributed by atoms with E-state index in [-0.39, 0.29) is 6.04 Å². The molecule has 2 nitrogen and oxygen atoms in total. The molecule has 2 heterocycles. The molecule has 1 aromatic carbocycles. The smallest absolute Gasteiger partial charge is 0.134 e. The Balaban J connectivity index is 1.89. The zero-order chi connectivity index (χ0) is 14.1. The summed E-state index contributed by atoms with van der Waals surface area (Å²) in [6.45, 7) is 2.24. The molecular formula is C15H18ClNOS2. The molecule has 2 N–H and O–H groups in total. The van der Waals surface area contributed by atoms with Crippen molar-refractivity contribution in [1.82, 2.24) is 0 Å². The van der Waals surface area contributed by atoms with Gasteiger partial charge in [-0.3, -0.25) is 0 Å². The lowest BCUT2D eigenvalue weighted by molar-refractivity contribution is 0.478. The molecule has 0 aliphatic carbocycles. The average molecular weight is 328 g/mol. The summed E-state index contributed by atoms with van der Waals surface area (Å²) in [6, 6.07) is 7.68. The SMILES string of the molecule is CCC1SCCSC1C(N)c1cc2cc(Cl)ccc2o1. The molecule has 0 saturated carbocycles. The van der Waals surface area contributed by atoms with Crippen molar-refractivity contribution in [2.75, 3.05) is 11.5 Å². The number of hydrogen-bond acceptors (Lipinski definition) is 4. The van der Waals surface area contributed by atoms with Crippen LogP contribution in [0.25, 0.3) is 11.0 Å². The fourth-order valence-electron chi connectivity index (χ4n) is 2.63. The molecule has 2 aromatic rings. The monoisotopic (exact) mass is 327 g/mol. The van der Waals surface area contributed by atoms with E-state index < -0.39 is 0 Å². The molecule has 1 aliphatic heterocycles. The van der Waals surface area contributed by atoms with Gasteiger partial charge in [0.1, 0.15) is 11.3 Å². The predicted octanol–water partition coefficient (Wildman–Crippen LogP) is 4.71. The van der Waals surface area contributed by atoms with Crippen molar-refractivity contribution < 1.29 is 4.42 Å². The first kappa shape index (κ1) is 14.6. The van der Waals surface area contributed by atoms with Gasteiger partial charge in [-0.2, -0.15) is 23.5 Å². The number of hydrogen-bond donors (Lipinski definition) is 1. The van der Waals surface area contributed by atoms with Crippen molar-refractivity contribution in [2.45, 2.75) is 29.9 Å². The molecule has 0 radical (unpaired) electrons. The lowest BCUT2D eigenvalue weighted by Crippen LogP contribution is -2.35. The lowest BCUT2D eigenvalue weighted by atomic mass is 10.1. The summed E-state index contributed by atoms with van der Waals surface area (Å²) in [5.74, 6) is 3.27. The van der Waals surface area contributed by atoms with Crippen LogP contribution in [0.2, 0.25) is 5.02 Å². The number of furan rings is 1. The fraction of sp³-hybridized carbons (Fsp3) is 0.467. The molecule has 0 spiro atoms. The van der Waals surface area contributed by atoms with Gasteiger partial charge in [0.15, 0.2) is 0 Å². The van der Waals surface area contributed by atoms with Gasteiger partial charge in [0.2, 0.25) is 0 Å². The second-order valence-electron chi connectivity index (χ2n) is 5.01. The highest BCUT2D eigenvalue weighted by Crippen LogP contribution is 2.40. The van der Waals surface area contributed by atoms with Crippen molar-refractivity contribution in [2.24, 2.45) is 5.73 Å². The van der Waals surface area contributed by atoms with Gasteiger partial charge in [0.25, 0.3) is 0 Å². The average Bonchev–Trinajstić information content (AvgIpc) is 2.89. The molecule has 20 heavy (non-hydrogen) atoms. The summed E-state index contributed by atoms with van der Waals surface area (Å²) in [5.41, 5.74) is 7.34. The van der Waals surface area contributed by atoms with Gasteiger partial charge < -0.3 is 10.2 Å². The highest BCUT2D eigenvalue weighted by molar-refractivity contribution is 8.07. The van der Waals surface area contributed by atoms with Crippen LogP contribution in [-0.4, -0.2) is 22.0 Å². The number of benzene rings is 1. The maximum Gasteiger partial charge on any atom is 0.134 e. The standard InChI is InChI=1S/C15H18ClNOS2/c1-2-13-15(20-6-5-19-13)14(17)12-8-9-7-10(16)3-4-11(9)18-12/h3-4,7-8,13-15H,2,5-6,17H2,1H3. The maximum atomic E-state index is 6.48. The first-order valence-electron chi connectivity index (χ1n) is 6.87. The van der Waals surface area contributed by atoms with Gasteiger partial charge in [0.05, 0.1) is 6.04 Å². The largest absolute Gasteiger partial charge is 0.459 e. The van der Waals surface area contributed by atoms with Crippen LogP contribution in [0.1, 0.15) is 25.1 Å². The van der Waals surface area contributed by atoms with E-state index in [1.807, 2.05) is 47.8 Å². The first-order valence-corrected chi connectivity index (χ1v) is 9.34. The molecular weight excluding hydrogens is 310 g/mol. The highest BCUT2D eigenvalue weighted by atomic mass is 35.5. The van der Waals surface area contributed by atoms with Crippen LogP contribution >= 0.6 is 35.1 Å². The molecule has 108 valence electrons. The van der Waals surface area contributed by atoms with Gasteiger partial charge in [-0.1, -0.05) is 18.5 Å². The van der Waals surface area contributed by atoms with Crippen LogP contribution in [0.5, 0.6) is 0 Å². The molecule has 3 unspecified atom stereocenters. The molecule has 0 bridgehead atoms. The van der Waals surface area contributed by atoms with Crippen LogP contribution in [-0.2, 0) is 0 Å². The van der Waals surface area contributed by atoms with Crippen LogP contribution in [0, 0.1) is 0 Å². The van der Waals surface area contributed by atoms with E-state index in [4.69, 9.17) is 21.8 Å². The Labute approximate surface area is 132 Å². The normalized spacial score (nSPS) is 24.9. The summed E-state index contributed by atoms with van der Waals surface area (Å²) in [7, 11) is 0. The zero-order valence-corrected chi connectivity index (χ0v) is 13.7. The van der Waals surface area contributed by atoms with Crippen molar-refractivity contribution in [3.63, 3.8) is 0 Å². The Morgan fingerprint density at radius 3 is 2.95 bits per heavy atom. The minimum atomic E-state index is -0.0519. The van der Waals surface area contributed by atoms with Gasteiger partial charge in [-0.25, -0.2) is 0 Å². The number of halogens is 1. The molecule has 1 fully saturated rings. The molecule has 1 saturated heterocycles. The summed E-state index contributed by atoms with van der Waals surface area (Å²) >= 11 is 10.0. The Hall–Kier alpha value is -0.290. The fourth-order valence-corrected chi connectivity index (χ4v) is 5.97. The van der Waals surface area contributed by atoms with E-state index in [0.29, 0.717) is 10.5 Å². The molecule has 1 aliphatic rings. The Kier molecular flexibility index (Phi) is 4.55. The number of fused-ring (bicyclic) bond motifs is 1. The van der Waals surface area contributed by atoms with Gasteiger partial charge in [-0.05, 0) is 30.7 Å². The summed E-state index contributed by atoms with van der Waals surface area (Å²) < 4.78 is 5.92. The van der Waals surface area contributed by atoms with Crippen LogP contribution in [0.3, 0.4) is 0 Å². The van der Waals surface area contributed by atoms with Gasteiger partial charge in [-0.15, -0.1) is 0 Å². The maximum absolute atomic E-state index is 6.48. The second kappa shape index (κ2) is 6.22. The van der Waals surface area contributed by atoms with Crippen molar-refractivity contribution >= 4 is 46.1 Å². The highest BCUT2D eigenvalue weighted by Gasteiger charge is 2.32. The van der Waals surface area contributed by atoms with E-state index >= 15 is 0 Å². The van der Waals surface area contributed by atoms with E-state index in [2.05, 4.69) is 6.92 Å².